The van der Waals surface area contributed by atoms with Gasteiger partial charge in [0, 0.05) is 23.4 Å². The molecule has 0 saturated heterocycles. The van der Waals surface area contributed by atoms with Crippen molar-refractivity contribution in [3.63, 3.8) is 0 Å². The lowest BCUT2D eigenvalue weighted by atomic mass is 10.6. The topological polar surface area (TPSA) is 50.7 Å². The summed E-state index contributed by atoms with van der Waals surface area (Å²) < 4.78 is 1.54. The van der Waals surface area contributed by atoms with E-state index in [0.29, 0.717) is 4.47 Å². The Morgan fingerprint density at radius 1 is 1.44 bits per heavy atom. The van der Waals surface area contributed by atoms with Gasteiger partial charge in [-0.1, -0.05) is 34.7 Å². The summed E-state index contributed by atoms with van der Waals surface area (Å²) in [5.74, 6) is 0.838. The highest BCUT2D eigenvalue weighted by Crippen LogP contribution is 2.30. The van der Waals surface area contributed by atoms with Gasteiger partial charge in [0.15, 0.2) is 8.81 Å². The molecule has 2 aromatic rings. The van der Waals surface area contributed by atoms with Gasteiger partial charge in [0.25, 0.3) is 0 Å². The van der Waals surface area contributed by atoms with E-state index in [9.17, 15) is 0 Å². The van der Waals surface area contributed by atoms with Crippen molar-refractivity contribution in [1.29, 1.82) is 0 Å². The van der Waals surface area contributed by atoms with Gasteiger partial charge in [0.1, 0.15) is 0 Å². The Kier molecular flexibility index (Phi) is 4.39. The minimum absolute atomic E-state index is 0.584. The fourth-order valence-electron chi connectivity index (χ4n) is 0.974. The zero-order chi connectivity index (χ0) is 11.4. The van der Waals surface area contributed by atoms with Crippen LogP contribution in [0, 0.1) is 0 Å². The van der Waals surface area contributed by atoms with Gasteiger partial charge in [0.2, 0.25) is 5.13 Å². The summed E-state index contributed by atoms with van der Waals surface area (Å²) in [6.07, 6.45) is 1.80. The molecule has 16 heavy (non-hydrogen) atoms. The lowest BCUT2D eigenvalue weighted by Crippen LogP contribution is -1.94. The number of hydrogen-bond acceptors (Lipinski definition) is 7. The van der Waals surface area contributed by atoms with Crippen LogP contribution in [-0.2, 0) is 5.75 Å². The minimum atomic E-state index is 0.584. The molecule has 0 bridgehead atoms. The average molecular weight is 293 g/mol. The Labute approximate surface area is 110 Å². The molecule has 0 aromatic carbocycles. The van der Waals surface area contributed by atoms with Crippen LogP contribution < -0.4 is 5.32 Å². The number of nitrogens with zero attached hydrogens (tertiary/aromatic N) is 3. The van der Waals surface area contributed by atoms with Crippen molar-refractivity contribution in [2.24, 2.45) is 0 Å². The number of hydrogen-bond donors (Lipinski definition) is 1. The highest BCUT2D eigenvalue weighted by Gasteiger charge is 2.05. The van der Waals surface area contributed by atoms with Crippen LogP contribution in [0.1, 0.15) is 11.8 Å². The third kappa shape index (κ3) is 3.31. The maximum absolute atomic E-state index is 5.75. The van der Waals surface area contributed by atoms with E-state index in [4.69, 9.17) is 11.6 Å². The molecule has 86 valence electrons. The molecule has 0 unspecified atom stereocenters. The molecule has 2 heterocycles. The van der Waals surface area contributed by atoms with Crippen molar-refractivity contribution >= 4 is 51.2 Å². The van der Waals surface area contributed by atoms with E-state index in [0.717, 1.165) is 26.6 Å². The van der Waals surface area contributed by atoms with Gasteiger partial charge in [-0.05, 0) is 6.92 Å². The summed E-state index contributed by atoms with van der Waals surface area (Å²) >= 11 is 10.5. The average Bonchev–Trinajstić information content (AvgIpc) is 2.85. The first kappa shape index (κ1) is 12.1. The fraction of sp³-hybridized carbons (Fsp3) is 0.375. The summed E-state index contributed by atoms with van der Waals surface area (Å²) in [5, 5.41) is 12.1. The molecule has 0 aliphatic carbocycles. The molecule has 4 nitrogen and oxygen atoms in total. The number of rotatable bonds is 5. The summed E-state index contributed by atoms with van der Waals surface area (Å²) in [7, 11) is 0. The maximum atomic E-state index is 5.75. The molecule has 0 spiro atoms. The van der Waals surface area contributed by atoms with E-state index < -0.39 is 0 Å². The zero-order valence-corrected chi connectivity index (χ0v) is 11.6. The Bertz CT molecular complexity index is 456. The second-order valence-electron chi connectivity index (χ2n) is 2.77. The third-order valence-corrected chi connectivity index (χ3v) is 4.96. The fourth-order valence-corrected chi connectivity index (χ4v) is 3.79. The summed E-state index contributed by atoms with van der Waals surface area (Å²) in [5.41, 5.74) is 0. The molecular weight excluding hydrogens is 284 g/mol. The first-order chi connectivity index (χ1) is 7.78. The molecule has 1 N–H and O–H groups in total. The van der Waals surface area contributed by atoms with E-state index >= 15 is 0 Å². The number of anilines is 1. The van der Waals surface area contributed by atoms with E-state index in [1.54, 1.807) is 29.3 Å². The molecule has 2 aromatic heterocycles. The summed E-state index contributed by atoms with van der Waals surface area (Å²) in [4.78, 5) is 5.14. The highest BCUT2D eigenvalue weighted by atomic mass is 35.5. The molecule has 0 radical (unpaired) electrons. The molecular formula is C8H9ClN4S3. The summed E-state index contributed by atoms with van der Waals surface area (Å²) in [6.45, 7) is 2.90. The lowest BCUT2D eigenvalue weighted by molar-refractivity contribution is 1.00. The van der Waals surface area contributed by atoms with Crippen molar-refractivity contribution in [2.45, 2.75) is 17.0 Å². The highest BCUT2D eigenvalue weighted by molar-refractivity contribution is 8.00. The van der Waals surface area contributed by atoms with Crippen LogP contribution in [0.15, 0.2) is 10.5 Å². The van der Waals surface area contributed by atoms with E-state index in [1.165, 1.54) is 11.3 Å². The molecule has 0 aliphatic rings. The molecule has 0 atom stereocenters. The smallest absolute Gasteiger partial charge is 0.206 e. The number of nitrogens with one attached hydrogen (secondary N) is 1. The molecule has 2 rings (SSSR count). The largest absolute Gasteiger partial charge is 0.360 e. The first-order valence-electron chi connectivity index (χ1n) is 4.58. The van der Waals surface area contributed by atoms with Crippen LogP contribution in [0.3, 0.4) is 0 Å². The molecule has 0 aliphatic heterocycles. The van der Waals surface area contributed by atoms with E-state index in [2.05, 4.69) is 20.5 Å². The number of halogens is 1. The second-order valence-corrected chi connectivity index (χ2v) is 6.67. The Balaban J connectivity index is 1.89. The van der Waals surface area contributed by atoms with Gasteiger partial charge in [0.05, 0.1) is 0 Å². The maximum Gasteiger partial charge on any atom is 0.206 e. The standard InChI is InChI=1S/C8H9ClN4S3/c1-2-10-7-12-13-8(16-7)14-4-5-3-11-6(9)15-5/h3H,2,4H2,1H3,(H,10,12). The van der Waals surface area contributed by atoms with Crippen LogP contribution in [0.5, 0.6) is 0 Å². The SMILES string of the molecule is CCNc1nnc(SCc2cnc(Cl)s2)s1. The van der Waals surface area contributed by atoms with Crippen LogP contribution in [0.25, 0.3) is 0 Å². The van der Waals surface area contributed by atoms with Gasteiger partial charge in [-0.2, -0.15) is 0 Å². The Morgan fingerprint density at radius 3 is 3.00 bits per heavy atom. The van der Waals surface area contributed by atoms with Crippen molar-refractivity contribution in [3.8, 4) is 0 Å². The van der Waals surface area contributed by atoms with E-state index in [1.807, 2.05) is 6.92 Å². The predicted molar refractivity (Wildman–Crippen MR) is 70.8 cm³/mol. The third-order valence-electron chi connectivity index (χ3n) is 1.60. The zero-order valence-electron chi connectivity index (χ0n) is 8.44. The van der Waals surface area contributed by atoms with Gasteiger partial charge >= 0.3 is 0 Å². The first-order valence-corrected chi connectivity index (χ1v) is 7.58. The predicted octanol–water partition coefficient (Wildman–Crippen LogP) is 3.37. The number of thiazole rings is 1. The monoisotopic (exact) mass is 292 g/mol. The van der Waals surface area contributed by atoms with Crippen LogP contribution in [0.4, 0.5) is 5.13 Å². The Hall–Kier alpha value is -0.370. The summed E-state index contributed by atoms with van der Waals surface area (Å²) in [6, 6.07) is 0. The lowest BCUT2D eigenvalue weighted by Gasteiger charge is -1.92. The van der Waals surface area contributed by atoms with Crippen LogP contribution in [-0.4, -0.2) is 21.7 Å². The minimum Gasteiger partial charge on any atom is -0.360 e. The van der Waals surface area contributed by atoms with Crippen LogP contribution >= 0.6 is 46.0 Å². The van der Waals surface area contributed by atoms with Crippen molar-refractivity contribution < 1.29 is 0 Å². The normalized spacial score (nSPS) is 10.6. The molecule has 0 amide bonds. The number of aromatic nitrogens is 3. The second kappa shape index (κ2) is 5.81. The number of thioether (sulfide) groups is 1. The molecule has 0 saturated carbocycles. The van der Waals surface area contributed by atoms with Crippen molar-refractivity contribution in [2.75, 3.05) is 11.9 Å². The van der Waals surface area contributed by atoms with Gasteiger partial charge in [-0.15, -0.1) is 21.5 Å². The van der Waals surface area contributed by atoms with Crippen molar-refractivity contribution in [3.05, 3.63) is 15.5 Å². The van der Waals surface area contributed by atoms with Crippen molar-refractivity contribution in [1.82, 2.24) is 15.2 Å². The van der Waals surface area contributed by atoms with Gasteiger partial charge in [-0.25, -0.2) is 4.98 Å². The van der Waals surface area contributed by atoms with Crippen LogP contribution in [0.2, 0.25) is 4.47 Å². The molecule has 8 heteroatoms. The van der Waals surface area contributed by atoms with Gasteiger partial charge in [-0.3, -0.25) is 0 Å². The van der Waals surface area contributed by atoms with Gasteiger partial charge < -0.3 is 5.32 Å². The molecule has 0 fully saturated rings. The van der Waals surface area contributed by atoms with E-state index in [-0.39, 0.29) is 0 Å². The Morgan fingerprint density at radius 2 is 2.31 bits per heavy atom. The quantitative estimate of drug-likeness (QED) is 0.856.